The predicted octanol–water partition coefficient (Wildman–Crippen LogP) is 2.82. The zero-order valence-corrected chi connectivity index (χ0v) is 15.2. The third-order valence-corrected chi connectivity index (χ3v) is 3.60. The first-order chi connectivity index (χ1) is 13.3. The van der Waals surface area contributed by atoms with Crippen LogP contribution in [0, 0.1) is 10.1 Å². The van der Waals surface area contributed by atoms with Gasteiger partial charge in [-0.05, 0) is 25.1 Å². The zero-order valence-electron chi connectivity index (χ0n) is 15.2. The Morgan fingerprint density at radius 3 is 2.18 bits per heavy atom. The molecule has 0 aliphatic rings. The minimum absolute atomic E-state index is 0.0658. The fourth-order valence-corrected chi connectivity index (χ4v) is 2.26. The van der Waals surface area contributed by atoms with Crippen molar-refractivity contribution in [3.8, 4) is 5.75 Å². The number of esters is 2. The van der Waals surface area contributed by atoms with Crippen molar-refractivity contribution in [3.63, 3.8) is 0 Å². The third kappa shape index (κ3) is 5.13. The maximum atomic E-state index is 12.2. The fourth-order valence-electron chi connectivity index (χ4n) is 2.26. The molecule has 0 aliphatic carbocycles. The molecule has 2 rings (SSSR count). The van der Waals surface area contributed by atoms with Crippen LogP contribution in [0.25, 0.3) is 0 Å². The Hall–Kier alpha value is -3.75. The summed E-state index contributed by atoms with van der Waals surface area (Å²) in [7, 11) is 1.45. The predicted molar refractivity (Wildman–Crippen MR) is 96.7 cm³/mol. The van der Waals surface area contributed by atoms with Crippen LogP contribution in [0.1, 0.15) is 38.0 Å². The van der Waals surface area contributed by atoms with Crippen LogP contribution in [0.3, 0.4) is 0 Å². The summed E-state index contributed by atoms with van der Waals surface area (Å²) in [6.45, 7) is 1.06. The molecule has 0 saturated carbocycles. The van der Waals surface area contributed by atoms with E-state index in [0.29, 0.717) is 5.75 Å². The van der Waals surface area contributed by atoms with Gasteiger partial charge in [0.15, 0.2) is 12.4 Å². The Labute approximate surface area is 160 Å². The number of nitro groups is 1. The van der Waals surface area contributed by atoms with Crippen molar-refractivity contribution in [2.24, 2.45) is 0 Å². The number of nitro benzene ring substituents is 1. The van der Waals surface area contributed by atoms with E-state index >= 15 is 0 Å². The van der Waals surface area contributed by atoms with Gasteiger partial charge in [0.2, 0.25) is 0 Å². The van der Waals surface area contributed by atoms with Crippen molar-refractivity contribution in [2.45, 2.75) is 6.92 Å². The first kappa shape index (κ1) is 20.6. The minimum atomic E-state index is -0.981. The summed E-state index contributed by atoms with van der Waals surface area (Å²) in [4.78, 5) is 46.6. The van der Waals surface area contributed by atoms with Gasteiger partial charge in [0.05, 0.1) is 29.8 Å². The van der Waals surface area contributed by atoms with Crippen molar-refractivity contribution < 1.29 is 33.5 Å². The van der Waals surface area contributed by atoms with E-state index in [1.807, 2.05) is 0 Å². The number of benzene rings is 2. The summed E-state index contributed by atoms with van der Waals surface area (Å²) in [5, 5.41) is 11.1. The van der Waals surface area contributed by atoms with Gasteiger partial charge in [0.25, 0.3) is 5.69 Å². The summed E-state index contributed by atoms with van der Waals surface area (Å²) in [6, 6.07) is 9.36. The number of methoxy groups -OCH3 is 1. The summed E-state index contributed by atoms with van der Waals surface area (Å²) in [6.07, 6.45) is 0. The van der Waals surface area contributed by atoms with Gasteiger partial charge in [-0.25, -0.2) is 9.59 Å². The van der Waals surface area contributed by atoms with E-state index in [0.717, 1.165) is 18.2 Å². The highest BCUT2D eigenvalue weighted by Gasteiger charge is 2.20. The normalized spacial score (nSPS) is 10.1. The van der Waals surface area contributed by atoms with E-state index in [4.69, 9.17) is 14.2 Å². The Balaban J connectivity index is 2.17. The highest BCUT2D eigenvalue weighted by atomic mass is 16.6. The average Bonchev–Trinajstić information content (AvgIpc) is 2.71. The van der Waals surface area contributed by atoms with Gasteiger partial charge in [-0.2, -0.15) is 0 Å². The molecule has 2 aromatic carbocycles. The molecular formula is C19H17NO8. The molecule has 28 heavy (non-hydrogen) atoms. The van der Waals surface area contributed by atoms with E-state index in [1.54, 1.807) is 19.1 Å². The van der Waals surface area contributed by atoms with E-state index in [9.17, 15) is 24.5 Å². The van der Waals surface area contributed by atoms with Gasteiger partial charge in [0.1, 0.15) is 5.75 Å². The molecule has 0 unspecified atom stereocenters. The number of nitrogens with zero attached hydrogens (tertiary/aromatic N) is 1. The lowest BCUT2D eigenvalue weighted by Crippen LogP contribution is -2.15. The molecule has 9 heteroatoms. The monoisotopic (exact) mass is 387 g/mol. The second-order valence-electron chi connectivity index (χ2n) is 5.48. The zero-order chi connectivity index (χ0) is 20.7. The van der Waals surface area contributed by atoms with Crippen LogP contribution < -0.4 is 4.74 Å². The lowest BCUT2D eigenvalue weighted by Gasteiger charge is -2.07. The van der Waals surface area contributed by atoms with Gasteiger partial charge >= 0.3 is 11.9 Å². The van der Waals surface area contributed by atoms with Crippen LogP contribution in [0.15, 0.2) is 42.5 Å². The number of hydrogen-bond donors (Lipinski definition) is 0. The van der Waals surface area contributed by atoms with Crippen LogP contribution in [0.2, 0.25) is 0 Å². The minimum Gasteiger partial charge on any atom is -0.497 e. The van der Waals surface area contributed by atoms with Crippen molar-refractivity contribution >= 4 is 23.4 Å². The second-order valence-corrected chi connectivity index (χ2v) is 5.48. The molecule has 0 atom stereocenters. The van der Waals surface area contributed by atoms with Gasteiger partial charge in [-0.3, -0.25) is 14.9 Å². The van der Waals surface area contributed by atoms with Crippen molar-refractivity contribution in [3.05, 3.63) is 69.3 Å². The molecule has 0 bridgehead atoms. The van der Waals surface area contributed by atoms with Crippen LogP contribution in [0.4, 0.5) is 5.69 Å². The van der Waals surface area contributed by atoms with Gasteiger partial charge in [-0.15, -0.1) is 0 Å². The van der Waals surface area contributed by atoms with Crippen LogP contribution in [0.5, 0.6) is 5.75 Å². The Bertz CT molecular complexity index is 922. The lowest BCUT2D eigenvalue weighted by atomic mass is 10.1. The van der Waals surface area contributed by atoms with Crippen molar-refractivity contribution in [1.29, 1.82) is 0 Å². The number of carbonyl (C=O) groups is 3. The standard InChI is InChI=1S/C19H17NO8/c1-3-27-18(22)13-7-14(9-15(8-13)20(24)25)19(23)28-11-17(21)12-5-4-6-16(10-12)26-2/h4-10H,3,11H2,1-2H3. The molecule has 0 aromatic heterocycles. The van der Waals surface area contributed by atoms with E-state index < -0.39 is 34.9 Å². The smallest absolute Gasteiger partial charge is 0.338 e. The Kier molecular flexibility index (Phi) is 6.80. The quantitative estimate of drug-likeness (QED) is 0.293. The number of Topliss-reactive ketones (excluding diaryl/α,β-unsaturated/α-hetero) is 1. The number of ether oxygens (including phenoxy) is 3. The van der Waals surface area contributed by atoms with E-state index in [2.05, 4.69) is 0 Å². The highest BCUT2D eigenvalue weighted by molar-refractivity contribution is 6.00. The summed E-state index contributed by atoms with van der Waals surface area (Å²) >= 11 is 0. The molecule has 9 nitrogen and oxygen atoms in total. The molecule has 0 spiro atoms. The molecule has 0 aliphatic heterocycles. The fraction of sp³-hybridized carbons (Fsp3) is 0.211. The second kappa shape index (κ2) is 9.26. The maximum absolute atomic E-state index is 12.2. The number of non-ortho nitro benzene ring substituents is 1. The molecule has 0 fully saturated rings. The summed E-state index contributed by atoms with van der Waals surface area (Å²) < 4.78 is 14.8. The largest absolute Gasteiger partial charge is 0.497 e. The Morgan fingerprint density at radius 2 is 1.61 bits per heavy atom. The molecule has 0 saturated heterocycles. The van der Waals surface area contributed by atoms with E-state index in [-0.39, 0.29) is 23.3 Å². The summed E-state index contributed by atoms with van der Waals surface area (Å²) in [5.41, 5.74) is -0.604. The SMILES string of the molecule is CCOC(=O)c1cc(C(=O)OCC(=O)c2cccc(OC)c2)cc([N+](=O)[O-])c1. The molecule has 0 amide bonds. The van der Waals surface area contributed by atoms with Gasteiger partial charge < -0.3 is 14.2 Å². The van der Waals surface area contributed by atoms with Crippen LogP contribution in [-0.4, -0.2) is 43.0 Å². The van der Waals surface area contributed by atoms with E-state index in [1.165, 1.54) is 19.2 Å². The highest BCUT2D eigenvalue weighted by Crippen LogP contribution is 2.19. The van der Waals surface area contributed by atoms with Crippen molar-refractivity contribution in [2.75, 3.05) is 20.3 Å². The number of rotatable bonds is 8. The van der Waals surface area contributed by atoms with Crippen LogP contribution >= 0.6 is 0 Å². The molecular weight excluding hydrogens is 370 g/mol. The Morgan fingerprint density at radius 1 is 0.964 bits per heavy atom. The first-order valence-electron chi connectivity index (χ1n) is 8.16. The molecule has 0 N–H and O–H groups in total. The topological polar surface area (TPSA) is 122 Å². The number of carbonyl (C=O) groups excluding carboxylic acids is 3. The molecule has 0 heterocycles. The average molecular weight is 387 g/mol. The molecule has 146 valence electrons. The van der Waals surface area contributed by atoms with Gasteiger partial charge in [0, 0.05) is 17.7 Å². The van der Waals surface area contributed by atoms with Gasteiger partial charge in [-0.1, -0.05) is 12.1 Å². The first-order valence-corrected chi connectivity index (χ1v) is 8.16. The third-order valence-electron chi connectivity index (χ3n) is 3.60. The lowest BCUT2D eigenvalue weighted by molar-refractivity contribution is -0.384. The molecule has 0 radical (unpaired) electrons. The van der Waals surface area contributed by atoms with Crippen LogP contribution in [-0.2, 0) is 9.47 Å². The maximum Gasteiger partial charge on any atom is 0.338 e. The van der Waals surface area contributed by atoms with Crippen molar-refractivity contribution in [1.82, 2.24) is 0 Å². The number of ketones is 1. The summed E-state index contributed by atoms with van der Waals surface area (Å²) in [5.74, 6) is -1.81. The number of hydrogen-bond acceptors (Lipinski definition) is 8. The molecule has 2 aromatic rings.